The van der Waals surface area contributed by atoms with Crippen LogP contribution in [0.4, 0.5) is 0 Å². The lowest BCUT2D eigenvalue weighted by atomic mass is 9.95. The molecule has 1 fully saturated rings. The van der Waals surface area contributed by atoms with E-state index in [1.165, 1.54) is 0 Å². The molecular weight excluding hydrogens is 616 g/mol. The zero-order valence-corrected chi connectivity index (χ0v) is 28.4. The summed E-state index contributed by atoms with van der Waals surface area (Å²) in [4.78, 5) is 40.1. The minimum atomic E-state index is -0.673. The first-order valence-corrected chi connectivity index (χ1v) is 17.2. The van der Waals surface area contributed by atoms with Gasteiger partial charge in [0.05, 0.1) is 30.0 Å². The average Bonchev–Trinajstić information content (AvgIpc) is 3.59. The summed E-state index contributed by atoms with van der Waals surface area (Å²) in [6.07, 6.45) is 8.27. The highest BCUT2D eigenvalue weighted by molar-refractivity contribution is 5.86. The van der Waals surface area contributed by atoms with Gasteiger partial charge in [-0.1, -0.05) is 97.8 Å². The number of rotatable bonds is 20. The maximum absolute atomic E-state index is 13.7. The third-order valence-electron chi connectivity index (χ3n) is 9.06. The van der Waals surface area contributed by atoms with E-state index >= 15 is 0 Å². The molecule has 4 rings (SSSR count). The minimum absolute atomic E-state index is 0.0418. The number of aliphatic hydroxyl groups is 1. The molecule has 3 N–H and O–H groups in total. The van der Waals surface area contributed by atoms with Crippen LogP contribution in [0.5, 0.6) is 5.75 Å². The van der Waals surface area contributed by atoms with Gasteiger partial charge in [-0.05, 0) is 67.3 Å². The Morgan fingerprint density at radius 2 is 1.39 bits per heavy atom. The molecule has 0 heterocycles. The van der Waals surface area contributed by atoms with Gasteiger partial charge in [0, 0.05) is 6.42 Å². The Hall–Kier alpha value is -4.69. The van der Waals surface area contributed by atoms with E-state index in [0.717, 1.165) is 29.5 Å². The smallest absolute Gasteiger partial charge is 0.309 e. The summed E-state index contributed by atoms with van der Waals surface area (Å²) in [6, 6.07) is 26.8. The Labute approximate surface area is 290 Å². The van der Waals surface area contributed by atoms with Gasteiger partial charge in [-0.15, -0.1) is 13.2 Å². The van der Waals surface area contributed by atoms with E-state index in [1.807, 2.05) is 84.9 Å². The van der Waals surface area contributed by atoms with Gasteiger partial charge < -0.3 is 25.2 Å². The first kappa shape index (κ1) is 37.1. The molecule has 1 saturated carbocycles. The van der Waals surface area contributed by atoms with Crippen molar-refractivity contribution in [1.29, 1.82) is 0 Å². The standard InChI is InChI=1S/C41H50N2O6/c1-3-13-34(27-38(45)43-41(30-44)23-11-12-24-41)39(46)42-36(29-49-40(47)35(14-4-2)25-31-15-7-5-8-16-31)26-32-19-21-37(22-20-32)48-28-33-17-9-6-10-18-33/h3-10,15-22,34-36,44H,1-2,11-14,23-30H2,(H,42,46)(H,43,45). The minimum Gasteiger partial charge on any atom is -0.489 e. The molecule has 3 aromatic rings. The van der Waals surface area contributed by atoms with Crippen molar-refractivity contribution < 1.29 is 29.0 Å². The van der Waals surface area contributed by atoms with Crippen LogP contribution in [-0.2, 0) is 38.6 Å². The molecule has 2 amide bonds. The lowest BCUT2D eigenvalue weighted by Crippen LogP contribution is -2.50. The van der Waals surface area contributed by atoms with Crippen LogP contribution in [0.1, 0.15) is 61.6 Å². The second-order valence-corrected chi connectivity index (χ2v) is 13.0. The fourth-order valence-corrected chi connectivity index (χ4v) is 6.31. The molecule has 3 aromatic carbocycles. The first-order chi connectivity index (χ1) is 23.8. The van der Waals surface area contributed by atoms with Crippen molar-refractivity contribution in [3.63, 3.8) is 0 Å². The van der Waals surface area contributed by atoms with E-state index in [2.05, 4.69) is 23.8 Å². The number of nitrogens with one attached hydrogen (secondary N) is 2. The third-order valence-corrected chi connectivity index (χ3v) is 9.06. The van der Waals surface area contributed by atoms with Crippen LogP contribution in [0, 0.1) is 11.8 Å². The second-order valence-electron chi connectivity index (χ2n) is 13.0. The van der Waals surface area contributed by atoms with Gasteiger partial charge in [-0.3, -0.25) is 14.4 Å². The Bertz CT molecular complexity index is 1490. The summed E-state index contributed by atoms with van der Waals surface area (Å²) in [5.74, 6) is -1.33. The predicted molar refractivity (Wildman–Crippen MR) is 192 cm³/mol. The highest BCUT2D eigenvalue weighted by Gasteiger charge is 2.35. The number of hydrogen-bond acceptors (Lipinski definition) is 6. The molecule has 3 atom stereocenters. The van der Waals surface area contributed by atoms with Crippen LogP contribution in [-0.4, -0.2) is 47.7 Å². The lowest BCUT2D eigenvalue weighted by Gasteiger charge is -2.29. The third kappa shape index (κ3) is 12.1. The molecule has 1 aliphatic carbocycles. The van der Waals surface area contributed by atoms with Gasteiger partial charge >= 0.3 is 5.97 Å². The van der Waals surface area contributed by atoms with Gasteiger partial charge in [0.15, 0.2) is 0 Å². The highest BCUT2D eigenvalue weighted by Crippen LogP contribution is 2.29. The number of amides is 2. The Balaban J connectivity index is 1.44. The quantitative estimate of drug-likeness (QED) is 0.0968. The zero-order chi connectivity index (χ0) is 34.9. The molecule has 0 radical (unpaired) electrons. The van der Waals surface area contributed by atoms with E-state index < -0.39 is 23.4 Å². The molecule has 3 unspecified atom stereocenters. The van der Waals surface area contributed by atoms with Crippen molar-refractivity contribution in [3.8, 4) is 5.75 Å². The van der Waals surface area contributed by atoms with Crippen LogP contribution >= 0.6 is 0 Å². The van der Waals surface area contributed by atoms with Crippen molar-refractivity contribution in [2.75, 3.05) is 13.2 Å². The average molecular weight is 667 g/mol. The van der Waals surface area contributed by atoms with Crippen LogP contribution in [0.3, 0.4) is 0 Å². The van der Waals surface area contributed by atoms with Crippen LogP contribution in [0.15, 0.2) is 110 Å². The molecule has 49 heavy (non-hydrogen) atoms. The second kappa shape index (κ2) is 19.3. The Kier molecular flexibility index (Phi) is 14.7. The lowest BCUT2D eigenvalue weighted by molar-refractivity contribution is -0.149. The molecule has 8 heteroatoms. The fourth-order valence-electron chi connectivity index (χ4n) is 6.31. The van der Waals surface area contributed by atoms with Crippen molar-refractivity contribution in [2.45, 2.75) is 76.0 Å². The van der Waals surface area contributed by atoms with Crippen LogP contribution in [0.25, 0.3) is 0 Å². The van der Waals surface area contributed by atoms with Crippen molar-refractivity contribution in [1.82, 2.24) is 10.6 Å². The van der Waals surface area contributed by atoms with Crippen molar-refractivity contribution >= 4 is 17.8 Å². The molecule has 0 aromatic heterocycles. The number of carbonyl (C=O) groups excluding carboxylic acids is 3. The van der Waals surface area contributed by atoms with Crippen LogP contribution in [0.2, 0.25) is 0 Å². The number of ether oxygens (including phenoxy) is 2. The summed E-state index contributed by atoms with van der Waals surface area (Å²) >= 11 is 0. The van der Waals surface area contributed by atoms with Gasteiger partial charge in [-0.2, -0.15) is 0 Å². The number of aliphatic hydroxyl groups excluding tert-OH is 1. The number of carbonyl (C=O) groups is 3. The molecular formula is C41H50N2O6. The van der Waals surface area contributed by atoms with Gasteiger partial charge in [0.1, 0.15) is 19.0 Å². The molecule has 0 saturated heterocycles. The SMILES string of the molecule is C=CCC(CC(=O)NC1(CO)CCCC1)C(=O)NC(COC(=O)C(CC=C)Cc1ccccc1)Cc1ccc(OCc2ccccc2)cc1. The molecule has 0 aliphatic heterocycles. The predicted octanol–water partition coefficient (Wildman–Crippen LogP) is 6.27. The zero-order valence-electron chi connectivity index (χ0n) is 28.4. The number of hydrogen-bond donors (Lipinski definition) is 3. The van der Waals surface area contributed by atoms with Gasteiger partial charge in [0.2, 0.25) is 11.8 Å². The van der Waals surface area contributed by atoms with Crippen molar-refractivity contribution in [3.05, 3.63) is 127 Å². The summed E-state index contributed by atoms with van der Waals surface area (Å²) in [6.45, 7) is 7.90. The van der Waals surface area contributed by atoms with E-state index in [0.29, 0.717) is 50.9 Å². The molecule has 8 nitrogen and oxygen atoms in total. The maximum Gasteiger partial charge on any atom is 0.309 e. The monoisotopic (exact) mass is 666 g/mol. The van der Waals surface area contributed by atoms with Gasteiger partial charge in [0.25, 0.3) is 0 Å². The summed E-state index contributed by atoms with van der Waals surface area (Å²) < 4.78 is 11.8. The number of esters is 1. The summed E-state index contributed by atoms with van der Waals surface area (Å²) in [5.41, 5.74) is 2.39. The van der Waals surface area contributed by atoms with Gasteiger partial charge in [-0.25, -0.2) is 0 Å². The molecule has 0 spiro atoms. The Morgan fingerprint density at radius 3 is 2.00 bits per heavy atom. The molecule has 1 aliphatic rings. The van der Waals surface area contributed by atoms with Crippen LogP contribution < -0.4 is 15.4 Å². The molecule has 0 bridgehead atoms. The summed E-state index contributed by atoms with van der Waals surface area (Å²) in [5, 5.41) is 16.0. The fraction of sp³-hybridized carbons (Fsp3) is 0.390. The number of allylic oxidation sites excluding steroid dienone is 2. The normalized spacial score (nSPS) is 15.3. The van der Waals surface area contributed by atoms with E-state index in [4.69, 9.17) is 9.47 Å². The number of benzene rings is 3. The van der Waals surface area contributed by atoms with Crippen molar-refractivity contribution in [2.24, 2.45) is 11.8 Å². The molecule has 260 valence electrons. The van der Waals surface area contributed by atoms with E-state index in [1.54, 1.807) is 12.2 Å². The summed E-state index contributed by atoms with van der Waals surface area (Å²) in [7, 11) is 0. The maximum atomic E-state index is 13.7. The first-order valence-electron chi connectivity index (χ1n) is 17.2. The largest absolute Gasteiger partial charge is 0.489 e. The highest BCUT2D eigenvalue weighted by atomic mass is 16.5. The topological polar surface area (TPSA) is 114 Å². The van der Waals surface area contributed by atoms with E-state index in [-0.39, 0.29) is 37.4 Å². The van der Waals surface area contributed by atoms with E-state index in [9.17, 15) is 19.5 Å². The Morgan fingerprint density at radius 1 is 0.796 bits per heavy atom.